The molecule has 0 aliphatic carbocycles. The van der Waals surface area contributed by atoms with Crippen LogP contribution < -0.4 is 20.3 Å². The highest BCUT2D eigenvalue weighted by atomic mass is 35.5. The first-order valence-electron chi connectivity index (χ1n) is 7.44. The van der Waals surface area contributed by atoms with Gasteiger partial charge in [-0.3, -0.25) is 4.79 Å². The predicted octanol–water partition coefficient (Wildman–Crippen LogP) is 2.74. The maximum Gasteiger partial charge on any atom is 0.413 e. The summed E-state index contributed by atoms with van der Waals surface area (Å²) >= 11 is 5.86. The Morgan fingerprint density at radius 1 is 1.40 bits per heavy atom. The molecule has 25 heavy (non-hydrogen) atoms. The highest BCUT2D eigenvalue weighted by molar-refractivity contribution is 6.33. The Morgan fingerprint density at radius 3 is 2.80 bits per heavy atom. The maximum absolute atomic E-state index is 11.5. The fraction of sp³-hybridized carbons (Fsp3) is 0.333. The van der Waals surface area contributed by atoms with Gasteiger partial charge in [0, 0.05) is 6.54 Å². The molecule has 0 radical (unpaired) electrons. The number of nitro groups is 1. The highest BCUT2D eigenvalue weighted by Gasteiger charge is 2.22. The first kappa shape index (κ1) is 18.5. The molecule has 0 unspecified atom stereocenters. The summed E-state index contributed by atoms with van der Waals surface area (Å²) in [6.07, 6.45) is 0.839. The van der Waals surface area contributed by atoms with Crippen LogP contribution in [-0.4, -0.2) is 28.8 Å². The molecule has 134 valence electrons. The predicted molar refractivity (Wildman–Crippen MR) is 92.6 cm³/mol. The lowest BCUT2D eigenvalue weighted by atomic mass is 10.2. The number of ether oxygens (including phenoxy) is 2. The van der Waals surface area contributed by atoms with E-state index in [0.29, 0.717) is 18.1 Å². The van der Waals surface area contributed by atoms with Gasteiger partial charge in [-0.15, -0.1) is 5.10 Å². The van der Waals surface area contributed by atoms with Crippen molar-refractivity contribution in [3.05, 3.63) is 49.3 Å². The lowest BCUT2D eigenvalue weighted by molar-refractivity contribution is -0.389. The molecule has 2 N–H and O–H groups in total. The molecule has 1 aromatic carbocycles. The molecule has 1 aromatic heterocycles. The molecule has 2 rings (SSSR count). The van der Waals surface area contributed by atoms with Crippen LogP contribution in [0.4, 0.5) is 11.5 Å². The molecule has 0 saturated carbocycles. The van der Waals surface area contributed by atoms with Crippen LogP contribution in [0.2, 0.25) is 5.02 Å². The first-order valence-corrected chi connectivity index (χ1v) is 7.81. The van der Waals surface area contributed by atoms with Crippen molar-refractivity contribution in [3.63, 3.8) is 0 Å². The van der Waals surface area contributed by atoms with Crippen molar-refractivity contribution in [1.29, 1.82) is 0 Å². The molecular formula is C15H17ClN4O5. The quantitative estimate of drug-likeness (QED) is 0.543. The van der Waals surface area contributed by atoms with E-state index < -0.39 is 16.3 Å². The summed E-state index contributed by atoms with van der Waals surface area (Å²) in [5.41, 5.74) is -0.0868. The molecule has 0 spiro atoms. The largest absolute Gasteiger partial charge is 0.493 e. The van der Waals surface area contributed by atoms with Crippen LogP contribution in [0.1, 0.15) is 18.9 Å². The number of nitrogens with one attached hydrogen (secondary N) is 2. The number of benzene rings is 1. The third-order valence-corrected chi connectivity index (χ3v) is 3.60. The monoisotopic (exact) mass is 368 g/mol. The number of nitrogens with zero attached hydrogens (tertiary/aromatic N) is 2. The van der Waals surface area contributed by atoms with Crippen molar-refractivity contribution in [2.75, 3.05) is 19.0 Å². The Morgan fingerprint density at radius 2 is 2.16 bits per heavy atom. The Hall–Kier alpha value is -2.81. The van der Waals surface area contributed by atoms with Gasteiger partial charge >= 0.3 is 11.4 Å². The third kappa shape index (κ3) is 4.38. The van der Waals surface area contributed by atoms with Crippen LogP contribution in [0, 0.1) is 10.1 Å². The van der Waals surface area contributed by atoms with Crippen molar-refractivity contribution in [3.8, 4) is 11.5 Å². The number of aromatic nitrogens is 2. The third-order valence-electron chi connectivity index (χ3n) is 3.24. The van der Waals surface area contributed by atoms with Crippen molar-refractivity contribution in [2.45, 2.75) is 19.9 Å². The number of anilines is 1. The van der Waals surface area contributed by atoms with Gasteiger partial charge in [0.1, 0.15) is 5.02 Å². The molecule has 0 fully saturated rings. The number of hydrogen-bond acceptors (Lipinski definition) is 7. The molecule has 0 aliphatic rings. The summed E-state index contributed by atoms with van der Waals surface area (Å²) in [6.45, 7) is 2.69. The van der Waals surface area contributed by atoms with Gasteiger partial charge in [-0.25, -0.2) is 0 Å². The van der Waals surface area contributed by atoms with Gasteiger partial charge < -0.3 is 24.9 Å². The van der Waals surface area contributed by atoms with Crippen LogP contribution >= 0.6 is 11.6 Å². The fourth-order valence-electron chi connectivity index (χ4n) is 2.06. The standard InChI is InChI=1S/C15H17ClN4O5/c1-3-6-25-11-7-9(4-5-10(11)24-2)8-17-13-12(16)15(21)19-18-14(13)20(22)23/h4-5,7H,3,6,8H2,1-2H3,(H2,17,19,21). The average molecular weight is 369 g/mol. The minimum atomic E-state index is -0.728. The smallest absolute Gasteiger partial charge is 0.413 e. The number of hydrogen-bond donors (Lipinski definition) is 2. The number of halogens is 1. The van der Waals surface area contributed by atoms with Gasteiger partial charge in [0.15, 0.2) is 17.2 Å². The molecule has 1 heterocycles. The van der Waals surface area contributed by atoms with Crippen molar-refractivity contribution < 1.29 is 14.4 Å². The summed E-state index contributed by atoms with van der Waals surface area (Å²) in [5.74, 6) is 0.591. The summed E-state index contributed by atoms with van der Waals surface area (Å²) in [4.78, 5) is 21.8. The topological polar surface area (TPSA) is 119 Å². The number of rotatable bonds is 8. The first-order chi connectivity index (χ1) is 12.0. The molecule has 0 aliphatic heterocycles. The molecule has 0 bridgehead atoms. The lowest BCUT2D eigenvalue weighted by Gasteiger charge is -2.13. The van der Waals surface area contributed by atoms with E-state index in [1.54, 1.807) is 18.2 Å². The number of methoxy groups -OCH3 is 1. The fourth-order valence-corrected chi connectivity index (χ4v) is 2.25. The molecule has 10 heteroatoms. The van der Waals surface area contributed by atoms with Crippen molar-refractivity contribution in [1.82, 2.24) is 10.2 Å². The van der Waals surface area contributed by atoms with Crippen molar-refractivity contribution in [2.24, 2.45) is 0 Å². The van der Waals surface area contributed by atoms with Gasteiger partial charge in [-0.2, -0.15) is 0 Å². The Balaban J connectivity index is 2.26. The summed E-state index contributed by atoms with van der Waals surface area (Å²) in [7, 11) is 1.54. The summed E-state index contributed by atoms with van der Waals surface area (Å²) in [5, 5.41) is 18.9. The van der Waals surface area contributed by atoms with Gasteiger partial charge in [0.05, 0.1) is 18.8 Å². The van der Waals surface area contributed by atoms with Crippen LogP contribution in [-0.2, 0) is 6.54 Å². The zero-order valence-electron chi connectivity index (χ0n) is 13.7. The van der Waals surface area contributed by atoms with Gasteiger partial charge in [-0.1, -0.05) is 24.6 Å². The minimum absolute atomic E-state index is 0.137. The number of aromatic amines is 1. The van der Waals surface area contributed by atoms with Crippen LogP contribution in [0.3, 0.4) is 0 Å². The minimum Gasteiger partial charge on any atom is -0.493 e. The molecule has 0 amide bonds. The van der Waals surface area contributed by atoms with E-state index in [4.69, 9.17) is 21.1 Å². The van der Waals surface area contributed by atoms with Gasteiger partial charge in [0.2, 0.25) is 0 Å². The molecule has 0 atom stereocenters. The maximum atomic E-state index is 11.5. The zero-order valence-corrected chi connectivity index (χ0v) is 14.4. The van der Waals surface area contributed by atoms with Gasteiger partial charge in [-0.05, 0) is 29.0 Å². The summed E-state index contributed by atoms with van der Waals surface area (Å²) < 4.78 is 10.9. The van der Waals surface area contributed by atoms with Crippen molar-refractivity contribution >= 4 is 23.1 Å². The Bertz CT molecular complexity index is 824. The number of H-pyrrole nitrogens is 1. The van der Waals surface area contributed by atoms with Gasteiger partial charge in [0.25, 0.3) is 0 Å². The second-order valence-corrected chi connectivity index (χ2v) is 5.39. The SMILES string of the molecule is CCCOc1cc(CNc2c([N+](=O)[O-])n[nH]c(=O)c2Cl)ccc1OC. The van der Waals surface area contributed by atoms with Crippen LogP contribution in [0.15, 0.2) is 23.0 Å². The molecule has 9 nitrogen and oxygen atoms in total. The zero-order chi connectivity index (χ0) is 18.4. The van der Waals surface area contributed by atoms with E-state index >= 15 is 0 Å². The van der Waals surface area contributed by atoms with E-state index in [1.807, 2.05) is 12.0 Å². The highest BCUT2D eigenvalue weighted by Crippen LogP contribution is 2.30. The molecular weight excluding hydrogens is 352 g/mol. The lowest BCUT2D eigenvalue weighted by Crippen LogP contribution is -2.15. The Kier molecular flexibility index (Phi) is 6.18. The van der Waals surface area contributed by atoms with E-state index in [1.165, 1.54) is 7.11 Å². The molecule has 2 aromatic rings. The second-order valence-electron chi connectivity index (χ2n) is 5.01. The van der Waals surface area contributed by atoms with E-state index in [2.05, 4.69) is 10.4 Å². The van der Waals surface area contributed by atoms with Crippen LogP contribution in [0.25, 0.3) is 0 Å². The molecule has 0 saturated heterocycles. The normalized spacial score (nSPS) is 10.4. The second kappa shape index (κ2) is 8.34. The van der Waals surface area contributed by atoms with Crippen LogP contribution in [0.5, 0.6) is 11.5 Å². The summed E-state index contributed by atoms with van der Waals surface area (Å²) in [6, 6.07) is 5.25. The average Bonchev–Trinajstić information content (AvgIpc) is 2.60. The van der Waals surface area contributed by atoms with E-state index in [-0.39, 0.29) is 17.3 Å². The van der Waals surface area contributed by atoms with E-state index in [0.717, 1.165) is 12.0 Å². The Labute approximate surface area is 148 Å². The van der Waals surface area contributed by atoms with E-state index in [9.17, 15) is 14.9 Å².